The van der Waals surface area contributed by atoms with Crippen LogP contribution in [0.4, 0.5) is 5.69 Å². The fourth-order valence-corrected chi connectivity index (χ4v) is 1.26. The molecule has 0 aliphatic rings. The van der Waals surface area contributed by atoms with Crippen molar-refractivity contribution in [2.75, 3.05) is 32.2 Å². The highest BCUT2D eigenvalue weighted by Gasteiger charge is 1.98. The first-order valence-electron chi connectivity index (χ1n) is 5.68. The first-order valence-corrected chi connectivity index (χ1v) is 5.68. The van der Waals surface area contributed by atoms with E-state index in [4.69, 9.17) is 9.47 Å². The van der Waals surface area contributed by atoms with E-state index in [0.717, 1.165) is 18.0 Å². The number of hydrogen-bond acceptors (Lipinski definition) is 3. The third-order valence-electron chi connectivity index (χ3n) is 2.10. The van der Waals surface area contributed by atoms with Crippen molar-refractivity contribution >= 4 is 5.69 Å². The summed E-state index contributed by atoms with van der Waals surface area (Å²) >= 11 is 0. The second-order valence-electron chi connectivity index (χ2n) is 4.14. The second-order valence-corrected chi connectivity index (χ2v) is 4.14. The van der Waals surface area contributed by atoms with Gasteiger partial charge >= 0.3 is 0 Å². The molecule has 0 bridgehead atoms. The molecule has 90 valence electrons. The predicted molar refractivity (Wildman–Crippen MR) is 67.1 cm³/mol. The fraction of sp³-hybridized carbons (Fsp3) is 0.538. The highest BCUT2D eigenvalue weighted by atomic mass is 16.5. The topological polar surface area (TPSA) is 30.5 Å². The Bertz CT molecular complexity index is 300. The highest BCUT2D eigenvalue weighted by molar-refractivity contribution is 5.48. The maximum absolute atomic E-state index is 5.53. The number of nitrogens with one attached hydrogen (secondary N) is 1. The van der Waals surface area contributed by atoms with E-state index >= 15 is 0 Å². The normalized spacial score (nSPS) is 10.5. The summed E-state index contributed by atoms with van der Waals surface area (Å²) in [5, 5.41) is 3.36. The molecule has 0 aliphatic carbocycles. The third-order valence-corrected chi connectivity index (χ3v) is 2.10. The van der Waals surface area contributed by atoms with Crippen LogP contribution in [0.25, 0.3) is 0 Å². The second kappa shape index (κ2) is 7.12. The summed E-state index contributed by atoms with van der Waals surface area (Å²) in [5.41, 5.74) is 1.10. The van der Waals surface area contributed by atoms with Crippen molar-refractivity contribution in [2.45, 2.75) is 13.8 Å². The van der Waals surface area contributed by atoms with Gasteiger partial charge in [-0.15, -0.1) is 0 Å². The number of benzene rings is 1. The zero-order valence-electron chi connectivity index (χ0n) is 10.3. The van der Waals surface area contributed by atoms with Gasteiger partial charge in [0, 0.05) is 25.4 Å². The molecule has 0 unspecified atom stereocenters. The maximum Gasteiger partial charge on any atom is 0.121 e. The van der Waals surface area contributed by atoms with Gasteiger partial charge in [-0.1, -0.05) is 19.9 Å². The monoisotopic (exact) mass is 223 g/mol. The van der Waals surface area contributed by atoms with Crippen LogP contribution in [0.5, 0.6) is 5.75 Å². The number of hydrogen-bond donors (Lipinski definition) is 1. The van der Waals surface area contributed by atoms with Crippen molar-refractivity contribution in [3.63, 3.8) is 0 Å². The zero-order valence-corrected chi connectivity index (χ0v) is 10.3. The van der Waals surface area contributed by atoms with Crippen LogP contribution in [0.3, 0.4) is 0 Å². The molecular formula is C13H21NO2. The average Bonchev–Trinajstić information content (AvgIpc) is 2.27. The molecule has 0 aliphatic heterocycles. The van der Waals surface area contributed by atoms with Gasteiger partial charge in [0.2, 0.25) is 0 Å². The minimum absolute atomic E-state index is 0.587. The van der Waals surface area contributed by atoms with Gasteiger partial charge in [-0.25, -0.2) is 0 Å². The molecule has 0 radical (unpaired) electrons. The number of anilines is 1. The van der Waals surface area contributed by atoms with Gasteiger partial charge in [-0.3, -0.25) is 0 Å². The van der Waals surface area contributed by atoms with E-state index < -0.39 is 0 Å². The van der Waals surface area contributed by atoms with Gasteiger partial charge in [0.25, 0.3) is 0 Å². The van der Waals surface area contributed by atoms with Crippen molar-refractivity contribution in [1.82, 2.24) is 0 Å². The molecule has 1 rings (SSSR count). The van der Waals surface area contributed by atoms with Crippen molar-refractivity contribution in [1.29, 1.82) is 0 Å². The van der Waals surface area contributed by atoms with Gasteiger partial charge in [-0.05, 0) is 18.1 Å². The zero-order chi connectivity index (χ0) is 11.8. The molecule has 0 amide bonds. The standard InChI is InChI=1S/C13H21NO2/c1-11(2)10-14-12-5-4-6-13(9-12)16-8-7-15-3/h4-6,9,11,14H,7-8,10H2,1-3H3. The molecule has 0 saturated heterocycles. The van der Waals surface area contributed by atoms with Crippen LogP contribution < -0.4 is 10.1 Å². The SMILES string of the molecule is COCCOc1cccc(NCC(C)C)c1. The molecule has 3 nitrogen and oxygen atoms in total. The van der Waals surface area contributed by atoms with Crippen LogP contribution in [-0.4, -0.2) is 26.9 Å². The molecule has 1 aromatic rings. The Kier molecular flexibility index (Phi) is 5.72. The van der Waals surface area contributed by atoms with Crippen molar-refractivity contribution in [3.8, 4) is 5.75 Å². The fourth-order valence-electron chi connectivity index (χ4n) is 1.26. The summed E-state index contributed by atoms with van der Waals surface area (Å²) in [6.45, 7) is 6.55. The quantitative estimate of drug-likeness (QED) is 0.721. The summed E-state index contributed by atoms with van der Waals surface area (Å²) in [7, 11) is 1.67. The van der Waals surface area contributed by atoms with E-state index in [1.165, 1.54) is 0 Å². The number of rotatable bonds is 7. The summed E-state index contributed by atoms with van der Waals surface area (Å²) in [5.74, 6) is 1.52. The Labute approximate surface area is 97.8 Å². The smallest absolute Gasteiger partial charge is 0.121 e. The highest BCUT2D eigenvalue weighted by Crippen LogP contribution is 2.17. The lowest BCUT2D eigenvalue weighted by Crippen LogP contribution is -2.08. The van der Waals surface area contributed by atoms with Crippen LogP contribution >= 0.6 is 0 Å². The molecule has 16 heavy (non-hydrogen) atoms. The minimum atomic E-state index is 0.587. The van der Waals surface area contributed by atoms with Crippen LogP contribution in [-0.2, 0) is 4.74 Å². The van der Waals surface area contributed by atoms with E-state index in [9.17, 15) is 0 Å². The van der Waals surface area contributed by atoms with E-state index in [2.05, 4.69) is 19.2 Å². The average molecular weight is 223 g/mol. The summed E-state index contributed by atoms with van der Waals surface area (Å²) in [6, 6.07) is 8.00. The van der Waals surface area contributed by atoms with Crippen molar-refractivity contribution in [2.24, 2.45) is 5.92 Å². The first-order chi connectivity index (χ1) is 7.72. The van der Waals surface area contributed by atoms with Crippen LogP contribution in [0.1, 0.15) is 13.8 Å². The Morgan fingerprint density at radius 2 is 2.06 bits per heavy atom. The first kappa shape index (κ1) is 12.8. The Balaban J connectivity index is 2.43. The molecule has 0 heterocycles. The molecule has 0 aromatic heterocycles. The lowest BCUT2D eigenvalue weighted by molar-refractivity contribution is 0.146. The van der Waals surface area contributed by atoms with Crippen molar-refractivity contribution < 1.29 is 9.47 Å². The number of methoxy groups -OCH3 is 1. The van der Waals surface area contributed by atoms with Gasteiger partial charge < -0.3 is 14.8 Å². The molecule has 0 fully saturated rings. The molecule has 1 N–H and O–H groups in total. The number of ether oxygens (including phenoxy) is 2. The molecule has 0 atom stereocenters. The lowest BCUT2D eigenvalue weighted by Gasteiger charge is -2.11. The molecular weight excluding hydrogens is 202 g/mol. The Morgan fingerprint density at radius 1 is 1.25 bits per heavy atom. The summed E-state index contributed by atoms with van der Waals surface area (Å²) in [4.78, 5) is 0. The van der Waals surface area contributed by atoms with Gasteiger partial charge in [0.1, 0.15) is 12.4 Å². The summed E-state index contributed by atoms with van der Waals surface area (Å²) < 4.78 is 10.5. The Morgan fingerprint density at radius 3 is 2.75 bits per heavy atom. The van der Waals surface area contributed by atoms with Crippen molar-refractivity contribution in [3.05, 3.63) is 24.3 Å². The van der Waals surface area contributed by atoms with E-state index in [1.54, 1.807) is 7.11 Å². The molecule has 3 heteroatoms. The van der Waals surface area contributed by atoms with E-state index in [1.807, 2.05) is 24.3 Å². The third kappa shape index (κ3) is 5.03. The maximum atomic E-state index is 5.53. The Hall–Kier alpha value is -1.22. The predicted octanol–water partition coefficient (Wildman–Crippen LogP) is 2.78. The van der Waals surface area contributed by atoms with E-state index in [0.29, 0.717) is 19.1 Å². The largest absolute Gasteiger partial charge is 0.491 e. The van der Waals surface area contributed by atoms with Gasteiger partial charge in [0.15, 0.2) is 0 Å². The van der Waals surface area contributed by atoms with E-state index in [-0.39, 0.29) is 0 Å². The minimum Gasteiger partial charge on any atom is -0.491 e. The molecule has 0 saturated carbocycles. The van der Waals surface area contributed by atoms with Crippen LogP contribution in [0.2, 0.25) is 0 Å². The van der Waals surface area contributed by atoms with Crippen LogP contribution in [0.15, 0.2) is 24.3 Å². The van der Waals surface area contributed by atoms with Gasteiger partial charge in [0.05, 0.1) is 6.61 Å². The van der Waals surface area contributed by atoms with Crippen LogP contribution in [0, 0.1) is 5.92 Å². The molecule has 1 aromatic carbocycles. The summed E-state index contributed by atoms with van der Waals surface area (Å²) in [6.07, 6.45) is 0. The lowest BCUT2D eigenvalue weighted by atomic mass is 10.2. The van der Waals surface area contributed by atoms with Gasteiger partial charge in [-0.2, -0.15) is 0 Å². The molecule has 0 spiro atoms.